The van der Waals surface area contributed by atoms with Crippen LogP contribution >= 0.6 is 12.4 Å². The molecule has 2 saturated heterocycles. The van der Waals surface area contributed by atoms with Crippen molar-refractivity contribution in [2.45, 2.75) is 31.8 Å². The summed E-state index contributed by atoms with van der Waals surface area (Å²) < 4.78 is 0. The lowest BCUT2D eigenvalue weighted by Gasteiger charge is -2.33. The molecule has 2 fully saturated rings. The second-order valence-corrected chi connectivity index (χ2v) is 6.04. The zero-order valence-corrected chi connectivity index (χ0v) is 14.1. The Morgan fingerprint density at radius 1 is 1.13 bits per heavy atom. The lowest BCUT2D eigenvalue weighted by atomic mass is 10.1. The fourth-order valence-electron chi connectivity index (χ4n) is 3.18. The molecule has 1 unspecified atom stereocenters. The maximum atomic E-state index is 12.6. The van der Waals surface area contributed by atoms with Crippen molar-refractivity contribution in [1.82, 2.24) is 15.1 Å². The van der Waals surface area contributed by atoms with Crippen LogP contribution < -0.4 is 5.32 Å². The Kier molecular flexibility index (Phi) is 6.42. The Bertz CT molecular complexity index is 532. The minimum atomic E-state index is -0.370. The second kappa shape index (κ2) is 8.31. The molecule has 1 atom stereocenters. The molecule has 23 heavy (non-hydrogen) atoms. The molecule has 0 saturated carbocycles. The summed E-state index contributed by atoms with van der Waals surface area (Å²) in [6.45, 7) is 3.75. The lowest BCUT2D eigenvalue weighted by Crippen LogP contribution is -2.55. The van der Waals surface area contributed by atoms with Crippen LogP contribution in [0.3, 0.4) is 0 Å². The maximum Gasteiger partial charge on any atom is 0.240 e. The molecule has 2 aliphatic heterocycles. The highest BCUT2D eigenvalue weighted by molar-refractivity contribution is 5.89. The molecule has 0 aromatic heterocycles. The summed E-state index contributed by atoms with van der Waals surface area (Å²) >= 11 is 0. The fourth-order valence-corrected chi connectivity index (χ4v) is 3.18. The van der Waals surface area contributed by atoms with Gasteiger partial charge in [-0.25, -0.2) is 0 Å². The van der Waals surface area contributed by atoms with Crippen molar-refractivity contribution in [1.29, 1.82) is 0 Å². The van der Waals surface area contributed by atoms with E-state index in [2.05, 4.69) is 5.32 Å². The number of hydrogen-bond acceptors (Lipinski definition) is 3. The first-order valence-corrected chi connectivity index (χ1v) is 8.08. The van der Waals surface area contributed by atoms with Gasteiger partial charge >= 0.3 is 0 Å². The normalized spacial score (nSPS) is 21.2. The molecule has 1 aromatic carbocycles. The molecule has 2 heterocycles. The molecule has 5 nitrogen and oxygen atoms in total. The predicted molar refractivity (Wildman–Crippen MR) is 91.3 cm³/mol. The number of carbonyl (C=O) groups is 2. The fraction of sp³-hybridized carbons (Fsp3) is 0.529. The van der Waals surface area contributed by atoms with E-state index in [1.54, 1.807) is 0 Å². The third kappa shape index (κ3) is 4.45. The van der Waals surface area contributed by atoms with Crippen LogP contribution in [0.4, 0.5) is 0 Å². The molecule has 0 radical (unpaired) electrons. The van der Waals surface area contributed by atoms with Crippen LogP contribution in [0.1, 0.15) is 24.8 Å². The summed E-state index contributed by atoms with van der Waals surface area (Å²) in [5.41, 5.74) is 1.13. The van der Waals surface area contributed by atoms with E-state index < -0.39 is 0 Å². The van der Waals surface area contributed by atoms with Crippen molar-refractivity contribution in [3.63, 3.8) is 0 Å². The van der Waals surface area contributed by atoms with Crippen molar-refractivity contribution in [2.24, 2.45) is 0 Å². The highest BCUT2D eigenvalue weighted by Gasteiger charge is 2.31. The highest BCUT2D eigenvalue weighted by Crippen LogP contribution is 2.14. The number of likely N-dealkylation sites (tertiary alicyclic amines) is 1. The van der Waals surface area contributed by atoms with E-state index in [1.807, 2.05) is 40.1 Å². The van der Waals surface area contributed by atoms with Crippen molar-refractivity contribution < 1.29 is 9.59 Å². The van der Waals surface area contributed by atoms with Crippen molar-refractivity contribution in [3.05, 3.63) is 35.9 Å². The van der Waals surface area contributed by atoms with Gasteiger partial charge in [0.1, 0.15) is 0 Å². The molecule has 0 bridgehead atoms. The topological polar surface area (TPSA) is 52.7 Å². The number of piperazine rings is 1. The summed E-state index contributed by atoms with van der Waals surface area (Å²) in [4.78, 5) is 28.5. The average Bonchev–Trinajstić information content (AvgIpc) is 3.07. The van der Waals surface area contributed by atoms with Gasteiger partial charge in [-0.3, -0.25) is 9.59 Å². The molecule has 1 N–H and O–H groups in total. The van der Waals surface area contributed by atoms with Crippen LogP contribution in [0.15, 0.2) is 30.3 Å². The predicted octanol–water partition coefficient (Wildman–Crippen LogP) is 1.42. The van der Waals surface area contributed by atoms with Gasteiger partial charge in [0.2, 0.25) is 11.8 Å². The minimum Gasteiger partial charge on any atom is -0.343 e. The summed E-state index contributed by atoms with van der Waals surface area (Å²) in [5, 5.41) is 3.20. The summed E-state index contributed by atoms with van der Waals surface area (Å²) in [6, 6.07) is 9.62. The Morgan fingerprint density at radius 3 is 2.52 bits per heavy atom. The van der Waals surface area contributed by atoms with Gasteiger partial charge in [-0.15, -0.1) is 12.4 Å². The van der Waals surface area contributed by atoms with E-state index in [1.165, 1.54) is 0 Å². The van der Waals surface area contributed by atoms with Gasteiger partial charge in [0.05, 0.1) is 12.5 Å². The SMILES string of the molecule is Cl.O=C(CC1NCCN(Cc2ccccc2)C1=O)N1CCCC1. The molecule has 1 aromatic rings. The van der Waals surface area contributed by atoms with Crippen LogP contribution in [-0.4, -0.2) is 53.8 Å². The van der Waals surface area contributed by atoms with Gasteiger partial charge in [-0.05, 0) is 18.4 Å². The van der Waals surface area contributed by atoms with Crippen LogP contribution in [-0.2, 0) is 16.1 Å². The molecular weight excluding hydrogens is 314 g/mol. The van der Waals surface area contributed by atoms with E-state index in [9.17, 15) is 9.59 Å². The number of nitrogens with one attached hydrogen (secondary N) is 1. The number of rotatable bonds is 4. The Balaban J connectivity index is 0.00000192. The lowest BCUT2D eigenvalue weighted by molar-refractivity contribution is -0.141. The van der Waals surface area contributed by atoms with Gasteiger partial charge in [0.15, 0.2) is 0 Å². The van der Waals surface area contributed by atoms with Gasteiger partial charge in [-0.2, -0.15) is 0 Å². The van der Waals surface area contributed by atoms with Crippen molar-refractivity contribution in [2.75, 3.05) is 26.2 Å². The first-order chi connectivity index (χ1) is 10.7. The number of benzene rings is 1. The molecule has 3 rings (SSSR count). The number of carbonyl (C=O) groups excluding carboxylic acids is 2. The first-order valence-electron chi connectivity index (χ1n) is 8.08. The van der Waals surface area contributed by atoms with Crippen molar-refractivity contribution >= 4 is 24.2 Å². The number of hydrogen-bond donors (Lipinski definition) is 1. The third-order valence-corrected chi connectivity index (χ3v) is 4.44. The summed E-state index contributed by atoms with van der Waals surface area (Å²) in [5.74, 6) is 0.146. The maximum absolute atomic E-state index is 12.6. The quantitative estimate of drug-likeness (QED) is 0.904. The molecule has 0 aliphatic carbocycles. The number of halogens is 1. The van der Waals surface area contributed by atoms with Gasteiger partial charge < -0.3 is 15.1 Å². The Labute approximate surface area is 143 Å². The number of amides is 2. The summed E-state index contributed by atoms with van der Waals surface area (Å²) in [6.07, 6.45) is 2.44. The van der Waals surface area contributed by atoms with E-state index in [-0.39, 0.29) is 36.7 Å². The van der Waals surface area contributed by atoms with Crippen LogP contribution in [0.2, 0.25) is 0 Å². The monoisotopic (exact) mass is 337 g/mol. The minimum absolute atomic E-state index is 0. The molecular formula is C17H24ClN3O2. The standard InChI is InChI=1S/C17H23N3O2.ClH/c21-16(19-9-4-5-10-19)12-15-17(22)20(11-8-18-15)13-14-6-2-1-3-7-14;/h1-3,6-7,15,18H,4-5,8-13H2;1H. The van der Waals surface area contributed by atoms with E-state index in [0.717, 1.165) is 38.0 Å². The van der Waals surface area contributed by atoms with Gasteiger partial charge in [0, 0.05) is 32.7 Å². The Morgan fingerprint density at radius 2 is 1.83 bits per heavy atom. The zero-order valence-electron chi connectivity index (χ0n) is 13.2. The third-order valence-electron chi connectivity index (χ3n) is 4.44. The second-order valence-electron chi connectivity index (χ2n) is 6.04. The molecule has 126 valence electrons. The van der Waals surface area contributed by atoms with E-state index >= 15 is 0 Å². The zero-order chi connectivity index (χ0) is 15.4. The van der Waals surface area contributed by atoms with Gasteiger partial charge in [-0.1, -0.05) is 30.3 Å². The van der Waals surface area contributed by atoms with E-state index in [0.29, 0.717) is 13.1 Å². The first kappa shape index (κ1) is 17.8. The van der Waals surface area contributed by atoms with Crippen LogP contribution in [0.25, 0.3) is 0 Å². The van der Waals surface area contributed by atoms with Crippen molar-refractivity contribution in [3.8, 4) is 0 Å². The molecule has 2 amide bonds. The molecule has 2 aliphatic rings. The molecule has 0 spiro atoms. The van der Waals surface area contributed by atoms with Gasteiger partial charge in [0.25, 0.3) is 0 Å². The average molecular weight is 338 g/mol. The van der Waals surface area contributed by atoms with E-state index in [4.69, 9.17) is 0 Å². The summed E-state index contributed by atoms with van der Waals surface area (Å²) in [7, 11) is 0. The molecule has 6 heteroatoms. The van der Waals surface area contributed by atoms with Crippen LogP contribution in [0, 0.1) is 0 Å². The smallest absolute Gasteiger partial charge is 0.240 e. The van der Waals surface area contributed by atoms with Crippen LogP contribution in [0.5, 0.6) is 0 Å². The number of nitrogens with zero attached hydrogens (tertiary/aromatic N) is 2. The largest absolute Gasteiger partial charge is 0.343 e. The Hall–Kier alpha value is -1.59. The highest BCUT2D eigenvalue weighted by atomic mass is 35.5.